The minimum Gasteiger partial charge on any atom is -0.314 e. The van der Waals surface area contributed by atoms with Crippen LogP contribution in [0.25, 0.3) is 0 Å². The molecule has 0 aromatic carbocycles. The predicted molar refractivity (Wildman–Crippen MR) is 62.2 cm³/mol. The normalized spacial score (nSPS) is 12.0. The number of rotatable bonds is 9. The zero-order valence-corrected chi connectivity index (χ0v) is 10.7. The molecule has 0 saturated carbocycles. The van der Waals surface area contributed by atoms with Crippen molar-refractivity contribution in [2.45, 2.75) is 32.0 Å². The first-order chi connectivity index (χ1) is 7.06. The van der Waals surface area contributed by atoms with Crippen molar-refractivity contribution in [3.8, 4) is 0 Å². The van der Waals surface area contributed by atoms with Gasteiger partial charge in [-0.3, -0.25) is 4.74 Å². The molecule has 0 spiro atoms. The van der Waals surface area contributed by atoms with E-state index in [1.165, 1.54) is 17.3 Å². The van der Waals surface area contributed by atoms with Crippen molar-refractivity contribution in [3.63, 3.8) is 0 Å². The highest BCUT2D eigenvalue weighted by Gasteiger charge is 2.28. The third kappa shape index (κ3) is 14.4. The first kappa shape index (κ1) is 15.4. The Morgan fingerprint density at radius 1 is 1.00 bits per heavy atom. The van der Waals surface area contributed by atoms with Gasteiger partial charge in [-0.15, -0.1) is 13.2 Å². The molecule has 0 rings (SSSR count). The van der Waals surface area contributed by atoms with Gasteiger partial charge in [-0.2, -0.15) is 0 Å². The number of nitrogens with one attached hydrogen (secondary N) is 1. The molecule has 0 aromatic heterocycles. The molecule has 0 radical (unpaired) electrons. The van der Waals surface area contributed by atoms with Gasteiger partial charge in [-0.25, -0.2) is 0 Å². The molecular weight excluding hydrogens is 322 g/mol. The molecule has 1 N–H and O–H groups in total. The van der Waals surface area contributed by atoms with E-state index in [2.05, 4.69) is 32.6 Å². The highest BCUT2D eigenvalue weighted by atomic mass is 127. The van der Waals surface area contributed by atoms with Gasteiger partial charge in [-0.1, -0.05) is 35.4 Å². The molecule has 92 valence electrons. The van der Waals surface area contributed by atoms with Crippen LogP contribution in [0.2, 0.25) is 0 Å². The first-order valence-electron chi connectivity index (χ1n) is 5.03. The summed E-state index contributed by atoms with van der Waals surface area (Å²) < 4.78 is 39.3. The summed E-state index contributed by atoms with van der Waals surface area (Å²) in [4.78, 5) is 0. The quantitative estimate of drug-likeness (QED) is 0.396. The van der Waals surface area contributed by atoms with E-state index in [1.54, 1.807) is 0 Å². The van der Waals surface area contributed by atoms with Crippen LogP contribution in [-0.2, 0) is 4.74 Å². The van der Waals surface area contributed by atoms with Gasteiger partial charge in [0.25, 0.3) is 0 Å². The third-order valence-electron chi connectivity index (χ3n) is 1.78. The van der Waals surface area contributed by atoms with Crippen molar-refractivity contribution in [3.05, 3.63) is 0 Å². The number of ether oxygens (including phenoxy) is 1. The minimum absolute atomic E-state index is 0.256. The summed E-state index contributed by atoms with van der Waals surface area (Å²) in [5.41, 5.74) is 0. The highest BCUT2D eigenvalue weighted by molar-refractivity contribution is 14.1. The zero-order valence-electron chi connectivity index (χ0n) is 8.58. The molecule has 0 unspecified atom stereocenters. The molecule has 0 aromatic rings. The van der Waals surface area contributed by atoms with Gasteiger partial charge in [0, 0.05) is 6.54 Å². The Kier molecular flexibility index (Phi) is 9.93. The van der Waals surface area contributed by atoms with E-state index < -0.39 is 6.36 Å². The summed E-state index contributed by atoms with van der Waals surface area (Å²) in [6, 6.07) is 0. The van der Waals surface area contributed by atoms with Gasteiger partial charge in [0.1, 0.15) is 0 Å². The molecule has 0 fully saturated rings. The van der Waals surface area contributed by atoms with Crippen molar-refractivity contribution in [1.29, 1.82) is 0 Å². The highest BCUT2D eigenvalue weighted by Crippen LogP contribution is 2.15. The Bertz CT molecular complexity index is 144. The van der Waals surface area contributed by atoms with Crippen molar-refractivity contribution in [2.75, 3.05) is 24.1 Å². The molecule has 6 heteroatoms. The Labute approximate surface area is 102 Å². The van der Waals surface area contributed by atoms with Gasteiger partial charge in [0.2, 0.25) is 0 Å². The van der Waals surface area contributed by atoms with Gasteiger partial charge in [0.05, 0.1) is 6.61 Å². The van der Waals surface area contributed by atoms with Crippen molar-refractivity contribution in [1.82, 2.24) is 5.32 Å². The van der Waals surface area contributed by atoms with Crippen LogP contribution in [0.3, 0.4) is 0 Å². The lowest BCUT2D eigenvalue weighted by molar-refractivity contribution is -0.323. The SMILES string of the molecule is FC(F)(F)OCCNCCCCCCI. The van der Waals surface area contributed by atoms with Crippen LogP contribution in [0.4, 0.5) is 13.2 Å². The molecule has 0 aliphatic heterocycles. The number of alkyl halides is 4. The summed E-state index contributed by atoms with van der Waals surface area (Å²) in [7, 11) is 0. The standard InChI is InChI=1S/C9H17F3INO/c10-9(11,12)15-8-7-14-6-4-2-1-3-5-13/h14H,1-8H2. The zero-order chi connectivity index (χ0) is 11.6. The van der Waals surface area contributed by atoms with Crippen LogP contribution < -0.4 is 5.32 Å². The molecule has 2 nitrogen and oxygen atoms in total. The lowest BCUT2D eigenvalue weighted by Crippen LogP contribution is -2.24. The lowest BCUT2D eigenvalue weighted by Gasteiger charge is -2.07. The average molecular weight is 339 g/mol. The van der Waals surface area contributed by atoms with Crippen molar-refractivity contribution in [2.24, 2.45) is 0 Å². The molecule has 0 aliphatic rings. The van der Waals surface area contributed by atoms with Crippen LogP contribution >= 0.6 is 22.6 Å². The molecule has 0 heterocycles. The van der Waals surface area contributed by atoms with E-state index in [-0.39, 0.29) is 13.2 Å². The largest absolute Gasteiger partial charge is 0.522 e. The van der Waals surface area contributed by atoms with Gasteiger partial charge < -0.3 is 5.32 Å². The predicted octanol–water partition coefficient (Wildman–Crippen LogP) is 3.11. The second-order valence-corrected chi connectivity index (χ2v) is 4.23. The minimum atomic E-state index is -4.50. The number of hydrogen-bond donors (Lipinski definition) is 1. The fourth-order valence-corrected chi connectivity index (χ4v) is 1.60. The Hall–Kier alpha value is 0.440. The molecule has 0 saturated heterocycles. The number of unbranched alkanes of at least 4 members (excludes halogenated alkanes) is 3. The Morgan fingerprint density at radius 3 is 2.27 bits per heavy atom. The maximum absolute atomic E-state index is 11.5. The third-order valence-corrected chi connectivity index (χ3v) is 2.54. The molecule has 0 amide bonds. The topological polar surface area (TPSA) is 21.3 Å². The van der Waals surface area contributed by atoms with E-state index in [1.807, 2.05) is 0 Å². The molecule has 0 atom stereocenters. The second-order valence-electron chi connectivity index (χ2n) is 3.15. The van der Waals surface area contributed by atoms with Crippen LogP contribution in [0.15, 0.2) is 0 Å². The van der Waals surface area contributed by atoms with Crippen LogP contribution in [0.1, 0.15) is 25.7 Å². The van der Waals surface area contributed by atoms with E-state index in [9.17, 15) is 13.2 Å². The molecule has 0 aliphatic carbocycles. The summed E-state index contributed by atoms with van der Waals surface area (Å²) >= 11 is 2.34. The van der Waals surface area contributed by atoms with Gasteiger partial charge >= 0.3 is 6.36 Å². The fourth-order valence-electron chi connectivity index (χ4n) is 1.06. The summed E-state index contributed by atoms with van der Waals surface area (Å²) in [5.74, 6) is 0. The van der Waals surface area contributed by atoms with E-state index in [4.69, 9.17) is 0 Å². The summed E-state index contributed by atoms with van der Waals surface area (Å²) in [6.45, 7) is 0.714. The molecule has 15 heavy (non-hydrogen) atoms. The van der Waals surface area contributed by atoms with E-state index in [0.717, 1.165) is 19.4 Å². The lowest BCUT2D eigenvalue weighted by atomic mass is 10.2. The first-order valence-corrected chi connectivity index (χ1v) is 6.56. The van der Waals surface area contributed by atoms with E-state index >= 15 is 0 Å². The second kappa shape index (κ2) is 9.65. The fraction of sp³-hybridized carbons (Fsp3) is 1.00. The number of halogens is 4. The molecular formula is C9H17F3INO. The molecule has 0 bridgehead atoms. The summed E-state index contributed by atoms with van der Waals surface area (Å²) in [6.07, 6.45) is 0.0716. The van der Waals surface area contributed by atoms with Crippen LogP contribution in [0.5, 0.6) is 0 Å². The van der Waals surface area contributed by atoms with Crippen LogP contribution in [-0.4, -0.2) is 30.5 Å². The summed E-state index contributed by atoms with van der Waals surface area (Å²) in [5, 5.41) is 2.91. The van der Waals surface area contributed by atoms with Crippen molar-refractivity contribution < 1.29 is 17.9 Å². The van der Waals surface area contributed by atoms with Crippen molar-refractivity contribution >= 4 is 22.6 Å². The Balaban J connectivity index is 2.99. The maximum atomic E-state index is 11.5. The average Bonchev–Trinajstić information content (AvgIpc) is 2.14. The number of hydrogen-bond acceptors (Lipinski definition) is 2. The van der Waals surface area contributed by atoms with E-state index in [0.29, 0.717) is 0 Å². The van der Waals surface area contributed by atoms with Crippen LogP contribution in [0, 0.1) is 0 Å². The monoisotopic (exact) mass is 339 g/mol. The maximum Gasteiger partial charge on any atom is 0.522 e. The Morgan fingerprint density at radius 2 is 1.67 bits per heavy atom. The van der Waals surface area contributed by atoms with Gasteiger partial charge in [-0.05, 0) is 23.8 Å². The smallest absolute Gasteiger partial charge is 0.314 e. The van der Waals surface area contributed by atoms with Gasteiger partial charge in [0.15, 0.2) is 0 Å².